The number of ether oxygens (including phenoxy) is 1. The van der Waals surface area contributed by atoms with Crippen molar-refractivity contribution >= 4 is 0 Å². The van der Waals surface area contributed by atoms with Crippen molar-refractivity contribution in [2.75, 3.05) is 6.61 Å². The van der Waals surface area contributed by atoms with Crippen LogP contribution in [0.1, 0.15) is 17.9 Å². The average Bonchev–Trinajstić information content (AvgIpc) is 2.29. The van der Waals surface area contributed by atoms with Gasteiger partial charge >= 0.3 is 0 Å². The van der Waals surface area contributed by atoms with Crippen LogP contribution in [0, 0.1) is 10.1 Å². The van der Waals surface area contributed by atoms with Crippen molar-refractivity contribution in [3.8, 4) is 0 Å². The van der Waals surface area contributed by atoms with Crippen LogP contribution < -0.4 is 0 Å². The summed E-state index contributed by atoms with van der Waals surface area (Å²) < 4.78 is 4.92. The summed E-state index contributed by atoms with van der Waals surface area (Å²) in [5.74, 6) is -0.278. The van der Waals surface area contributed by atoms with Crippen LogP contribution in [0.5, 0.6) is 0 Å². The highest BCUT2D eigenvalue weighted by atomic mass is 16.6. The molecule has 1 heterocycles. The topological polar surface area (TPSA) is 72.6 Å². The molecule has 0 spiro atoms. The molecule has 0 bridgehead atoms. The van der Waals surface area contributed by atoms with E-state index < -0.39 is 12.3 Å². The minimum atomic E-state index is -0.901. The fourth-order valence-electron chi connectivity index (χ4n) is 2.03. The first-order valence-corrected chi connectivity index (χ1v) is 5.16. The Labute approximate surface area is 92.8 Å². The first kappa shape index (κ1) is 11.0. The Hall–Kier alpha value is -1.46. The molecule has 0 aliphatic carbocycles. The largest absolute Gasteiger partial charge is 0.368 e. The third-order valence-electron chi connectivity index (χ3n) is 2.88. The molecule has 0 aromatic heterocycles. The highest BCUT2D eigenvalue weighted by Gasteiger charge is 2.39. The molecular formula is C11H13NO4. The number of hydrogen-bond donors (Lipinski definition) is 1. The standard InChI is InChI=1S/C11H13NO4/c13-11-6-9(8-4-2-1-3-5-8)10(7-16-11)12(14)15/h1-5,9-11,13H,6-7H2/t9-,10+,11-/m0/s1. The Morgan fingerprint density at radius 2 is 2.06 bits per heavy atom. The molecular weight excluding hydrogens is 210 g/mol. The molecule has 1 aromatic rings. The molecule has 0 radical (unpaired) electrons. The second kappa shape index (κ2) is 4.59. The molecule has 5 nitrogen and oxygen atoms in total. The van der Waals surface area contributed by atoms with Gasteiger partial charge in [0.2, 0.25) is 6.04 Å². The van der Waals surface area contributed by atoms with Crippen molar-refractivity contribution < 1.29 is 14.8 Å². The lowest BCUT2D eigenvalue weighted by Crippen LogP contribution is -2.40. The van der Waals surface area contributed by atoms with E-state index in [4.69, 9.17) is 4.74 Å². The number of benzene rings is 1. The van der Waals surface area contributed by atoms with Crippen LogP contribution in [-0.2, 0) is 4.74 Å². The van der Waals surface area contributed by atoms with Gasteiger partial charge in [-0.1, -0.05) is 30.3 Å². The summed E-state index contributed by atoms with van der Waals surface area (Å²) in [6.45, 7) is -0.0340. The van der Waals surface area contributed by atoms with Gasteiger partial charge in [0.25, 0.3) is 0 Å². The van der Waals surface area contributed by atoms with E-state index in [2.05, 4.69) is 0 Å². The summed E-state index contributed by atoms with van der Waals surface area (Å²) in [6, 6.07) is 8.46. The molecule has 1 N–H and O–H groups in total. The summed E-state index contributed by atoms with van der Waals surface area (Å²) in [6.07, 6.45) is -0.628. The van der Waals surface area contributed by atoms with Gasteiger partial charge in [0.05, 0.1) is 5.92 Å². The fraction of sp³-hybridized carbons (Fsp3) is 0.455. The number of rotatable bonds is 2. The first-order chi connectivity index (χ1) is 7.68. The van der Waals surface area contributed by atoms with Crippen molar-refractivity contribution in [3.63, 3.8) is 0 Å². The maximum atomic E-state index is 10.9. The van der Waals surface area contributed by atoms with Gasteiger partial charge < -0.3 is 9.84 Å². The molecule has 1 aromatic carbocycles. The Kier molecular flexibility index (Phi) is 3.17. The first-order valence-electron chi connectivity index (χ1n) is 5.16. The van der Waals surface area contributed by atoms with Gasteiger partial charge in [-0.2, -0.15) is 0 Å². The van der Waals surface area contributed by atoms with Crippen LogP contribution in [0.4, 0.5) is 0 Å². The second-order valence-corrected chi connectivity index (χ2v) is 3.89. The van der Waals surface area contributed by atoms with E-state index in [9.17, 15) is 15.2 Å². The minimum Gasteiger partial charge on any atom is -0.368 e. The van der Waals surface area contributed by atoms with Crippen molar-refractivity contribution in [1.29, 1.82) is 0 Å². The number of nitro groups is 1. The molecule has 1 saturated heterocycles. The van der Waals surface area contributed by atoms with E-state index in [1.54, 1.807) is 0 Å². The molecule has 1 aliphatic rings. The molecule has 2 rings (SSSR count). The number of aliphatic hydroxyl groups is 1. The Morgan fingerprint density at radius 3 is 2.69 bits per heavy atom. The van der Waals surface area contributed by atoms with Crippen molar-refractivity contribution in [1.82, 2.24) is 0 Å². The summed E-state index contributed by atoms with van der Waals surface area (Å²) in [4.78, 5) is 10.6. The minimum absolute atomic E-state index is 0.0340. The molecule has 0 unspecified atom stereocenters. The maximum absolute atomic E-state index is 10.9. The smallest absolute Gasteiger partial charge is 0.243 e. The monoisotopic (exact) mass is 223 g/mol. The van der Waals surface area contributed by atoms with Gasteiger partial charge in [-0.05, 0) is 5.56 Å². The zero-order valence-electron chi connectivity index (χ0n) is 8.65. The van der Waals surface area contributed by atoms with E-state index in [1.165, 1.54) is 0 Å². The summed E-state index contributed by atoms with van der Waals surface area (Å²) in [5, 5.41) is 20.3. The van der Waals surface area contributed by atoms with Gasteiger partial charge in [-0.3, -0.25) is 10.1 Å². The number of nitrogens with zero attached hydrogens (tertiary/aromatic N) is 1. The normalized spacial score (nSPS) is 29.9. The predicted molar refractivity (Wildman–Crippen MR) is 56.5 cm³/mol. The second-order valence-electron chi connectivity index (χ2n) is 3.89. The molecule has 86 valence electrons. The molecule has 1 fully saturated rings. The van der Waals surface area contributed by atoms with E-state index in [0.717, 1.165) is 5.56 Å². The SMILES string of the molecule is O=[N+]([O-])[C@@H]1CO[C@H](O)C[C@H]1c1ccccc1. The molecule has 1 aliphatic heterocycles. The van der Waals surface area contributed by atoms with E-state index in [0.29, 0.717) is 0 Å². The third kappa shape index (κ3) is 2.20. The predicted octanol–water partition coefficient (Wildman–Crippen LogP) is 1.15. The molecule has 16 heavy (non-hydrogen) atoms. The summed E-state index contributed by atoms with van der Waals surface area (Å²) in [5.41, 5.74) is 0.881. The number of hydrogen-bond acceptors (Lipinski definition) is 4. The molecule has 0 amide bonds. The molecule has 0 saturated carbocycles. The van der Waals surface area contributed by atoms with Crippen LogP contribution in [-0.4, -0.2) is 29.0 Å². The average molecular weight is 223 g/mol. The Balaban J connectivity index is 2.24. The van der Waals surface area contributed by atoms with Gasteiger partial charge in [0, 0.05) is 11.3 Å². The lowest BCUT2D eigenvalue weighted by Gasteiger charge is -2.29. The van der Waals surface area contributed by atoms with Gasteiger partial charge in [0.1, 0.15) is 6.61 Å². The van der Waals surface area contributed by atoms with E-state index in [-0.39, 0.29) is 23.9 Å². The van der Waals surface area contributed by atoms with Crippen molar-refractivity contribution in [2.24, 2.45) is 0 Å². The van der Waals surface area contributed by atoms with Crippen LogP contribution >= 0.6 is 0 Å². The number of aliphatic hydroxyl groups excluding tert-OH is 1. The summed E-state index contributed by atoms with van der Waals surface area (Å²) >= 11 is 0. The van der Waals surface area contributed by atoms with Crippen LogP contribution in [0.3, 0.4) is 0 Å². The quantitative estimate of drug-likeness (QED) is 0.603. The molecule has 5 heteroatoms. The zero-order valence-corrected chi connectivity index (χ0v) is 8.65. The Bertz CT molecular complexity index is 368. The summed E-state index contributed by atoms with van der Waals surface area (Å²) in [7, 11) is 0. The highest BCUT2D eigenvalue weighted by molar-refractivity contribution is 5.21. The van der Waals surface area contributed by atoms with Crippen LogP contribution in [0.25, 0.3) is 0 Å². The van der Waals surface area contributed by atoms with Crippen LogP contribution in [0.15, 0.2) is 30.3 Å². The van der Waals surface area contributed by atoms with Crippen molar-refractivity contribution in [2.45, 2.75) is 24.7 Å². The zero-order chi connectivity index (χ0) is 11.5. The highest BCUT2D eigenvalue weighted by Crippen LogP contribution is 2.30. The van der Waals surface area contributed by atoms with Crippen LogP contribution in [0.2, 0.25) is 0 Å². The van der Waals surface area contributed by atoms with E-state index in [1.807, 2.05) is 30.3 Å². The third-order valence-corrected chi connectivity index (χ3v) is 2.88. The van der Waals surface area contributed by atoms with E-state index >= 15 is 0 Å². The van der Waals surface area contributed by atoms with Crippen molar-refractivity contribution in [3.05, 3.63) is 46.0 Å². The molecule has 3 atom stereocenters. The van der Waals surface area contributed by atoms with Gasteiger partial charge in [-0.15, -0.1) is 0 Å². The lowest BCUT2D eigenvalue weighted by molar-refractivity contribution is -0.538. The van der Waals surface area contributed by atoms with Gasteiger partial charge in [-0.25, -0.2) is 0 Å². The maximum Gasteiger partial charge on any atom is 0.243 e. The lowest BCUT2D eigenvalue weighted by atomic mass is 9.87. The fourth-order valence-corrected chi connectivity index (χ4v) is 2.03. The Morgan fingerprint density at radius 1 is 1.38 bits per heavy atom. The van der Waals surface area contributed by atoms with Gasteiger partial charge in [0.15, 0.2) is 6.29 Å².